The van der Waals surface area contributed by atoms with Crippen LogP contribution < -0.4 is 20.1 Å². The van der Waals surface area contributed by atoms with E-state index in [-0.39, 0.29) is 0 Å². The molecule has 6 nitrogen and oxygen atoms in total. The van der Waals surface area contributed by atoms with E-state index < -0.39 is 41.4 Å². The fraction of sp³-hybridized carbons (Fsp3) is 0.176. The molecule has 2 N–H and O–H groups in total. The standard InChI is InChI=1S/C17H15F3N2O4/c1-25-9-3-6-12(13(7-9)26-2)22-14(23)8-21-17(24)10-4-5-11(18)16(20)15(10)19/h3-7H,8H2,1-2H3,(H,21,24)(H,22,23). The predicted octanol–water partition coefficient (Wildman–Crippen LogP) is 2.49. The zero-order chi connectivity index (χ0) is 19.3. The van der Waals surface area contributed by atoms with Gasteiger partial charge in [0, 0.05) is 6.07 Å². The minimum absolute atomic E-state index is 0.326. The summed E-state index contributed by atoms with van der Waals surface area (Å²) < 4.78 is 49.7. The van der Waals surface area contributed by atoms with Gasteiger partial charge in [-0.15, -0.1) is 0 Å². The second-order valence-corrected chi connectivity index (χ2v) is 5.02. The molecule has 0 bridgehead atoms. The monoisotopic (exact) mass is 368 g/mol. The van der Waals surface area contributed by atoms with Crippen molar-refractivity contribution in [1.82, 2.24) is 5.32 Å². The van der Waals surface area contributed by atoms with Crippen LogP contribution in [0, 0.1) is 17.5 Å². The molecule has 2 aromatic rings. The number of benzene rings is 2. The molecule has 26 heavy (non-hydrogen) atoms. The maximum absolute atomic E-state index is 13.5. The average molecular weight is 368 g/mol. The molecule has 0 aliphatic rings. The van der Waals surface area contributed by atoms with E-state index in [1.54, 1.807) is 12.1 Å². The van der Waals surface area contributed by atoms with Crippen LogP contribution in [-0.4, -0.2) is 32.6 Å². The number of halogens is 3. The number of amides is 2. The van der Waals surface area contributed by atoms with E-state index >= 15 is 0 Å². The van der Waals surface area contributed by atoms with Crippen molar-refractivity contribution in [3.05, 3.63) is 53.3 Å². The van der Waals surface area contributed by atoms with Crippen LogP contribution >= 0.6 is 0 Å². The van der Waals surface area contributed by atoms with E-state index in [1.165, 1.54) is 20.3 Å². The predicted molar refractivity (Wildman–Crippen MR) is 86.8 cm³/mol. The van der Waals surface area contributed by atoms with Crippen LogP contribution in [0.25, 0.3) is 0 Å². The highest BCUT2D eigenvalue weighted by Crippen LogP contribution is 2.28. The lowest BCUT2D eigenvalue weighted by molar-refractivity contribution is -0.115. The smallest absolute Gasteiger partial charge is 0.254 e. The molecule has 0 radical (unpaired) electrons. The molecule has 0 atom stereocenters. The Hall–Kier alpha value is -3.23. The summed E-state index contributed by atoms with van der Waals surface area (Å²) in [5.74, 6) is -5.64. The molecule has 138 valence electrons. The molecule has 0 saturated carbocycles. The molecule has 0 saturated heterocycles. The lowest BCUT2D eigenvalue weighted by atomic mass is 10.2. The van der Waals surface area contributed by atoms with Gasteiger partial charge in [0.1, 0.15) is 11.5 Å². The van der Waals surface area contributed by atoms with E-state index in [2.05, 4.69) is 10.6 Å². The minimum atomic E-state index is -1.76. The summed E-state index contributed by atoms with van der Waals surface area (Å²) in [6.07, 6.45) is 0. The number of carbonyl (C=O) groups is 2. The van der Waals surface area contributed by atoms with Crippen LogP contribution in [-0.2, 0) is 4.79 Å². The Bertz CT molecular complexity index is 843. The van der Waals surface area contributed by atoms with Gasteiger partial charge in [0.05, 0.1) is 32.0 Å². The largest absolute Gasteiger partial charge is 0.497 e. The summed E-state index contributed by atoms with van der Waals surface area (Å²) >= 11 is 0. The van der Waals surface area contributed by atoms with Gasteiger partial charge in [0.25, 0.3) is 5.91 Å². The highest BCUT2D eigenvalue weighted by Gasteiger charge is 2.19. The molecule has 0 spiro atoms. The maximum Gasteiger partial charge on any atom is 0.254 e. The Kier molecular flexibility index (Phi) is 6.05. The van der Waals surface area contributed by atoms with Gasteiger partial charge in [-0.2, -0.15) is 0 Å². The summed E-state index contributed by atoms with van der Waals surface area (Å²) in [5, 5.41) is 4.61. The van der Waals surface area contributed by atoms with Gasteiger partial charge in [-0.1, -0.05) is 0 Å². The highest BCUT2D eigenvalue weighted by molar-refractivity contribution is 6.00. The summed E-state index contributed by atoms with van der Waals surface area (Å²) in [4.78, 5) is 23.8. The van der Waals surface area contributed by atoms with E-state index in [1.807, 2.05) is 0 Å². The van der Waals surface area contributed by atoms with Gasteiger partial charge in [0.2, 0.25) is 5.91 Å². The first-order chi connectivity index (χ1) is 12.4. The van der Waals surface area contributed by atoms with Gasteiger partial charge < -0.3 is 20.1 Å². The molecule has 0 fully saturated rings. The van der Waals surface area contributed by atoms with Crippen molar-refractivity contribution < 1.29 is 32.2 Å². The summed E-state index contributed by atoms with van der Waals surface area (Å²) in [6, 6.07) is 6.08. The third kappa shape index (κ3) is 4.24. The van der Waals surface area contributed by atoms with Crippen LogP contribution in [0.2, 0.25) is 0 Å². The molecule has 2 amide bonds. The molecule has 0 aliphatic heterocycles. The van der Waals surface area contributed by atoms with Crippen molar-refractivity contribution in [2.45, 2.75) is 0 Å². The Labute approximate surface area is 146 Å². The lowest BCUT2D eigenvalue weighted by Crippen LogP contribution is -2.33. The lowest BCUT2D eigenvalue weighted by Gasteiger charge is -2.12. The summed E-state index contributed by atoms with van der Waals surface area (Å²) in [6.45, 7) is -0.521. The first kappa shape index (κ1) is 19.1. The van der Waals surface area contributed by atoms with Gasteiger partial charge in [0.15, 0.2) is 17.5 Å². The number of rotatable bonds is 6. The van der Waals surface area contributed by atoms with Crippen molar-refractivity contribution in [2.75, 3.05) is 26.1 Å². The number of methoxy groups -OCH3 is 2. The fourth-order valence-corrected chi connectivity index (χ4v) is 2.05. The molecular formula is C17H15F3N2O4. The number of anilines is 1. The first-order valence-corrected chi connectivity index (χ1v) is 7.31. The average Bonchev–Trinajstić information content (AvgIpc) is 2.64. The molecular weight excluding hydrogens is 353 g/mol. The van der Waals surface area contributed by atoms with E-state index in [9.17, 15) is 22.8 Å². The second kappa shape index (κ2) is 8.24. The van der Waals surface area contributed by atoms with Gasteiger partial charge in [-0.3, -0.25) is 9.59 Å². The normalized spacial score (nSPS) is 10.2. The quantitative estimate of drug-likeness (QED) is 0.768. The number of hydrogen-bond acceptors (Lipinski definition) is 4. The van der Waals surface area contributed by atoms with E-state index in [0.717, 1.165) is 6.07 Å². The van der Waals surface area contributed by atoms with Gasteiger partial charge in [-0.05, 0) is 24.3 Å². The number of nitrogens with one attached hydrogen (secondary N) is 2. The molecule has 0 aromatic heterocycles. The Morgan fingerprint density at radius 1 is 1.00 bits per heavy atom. The summed E-state index contributed by atoms with van der Waals surface area (Å²) in [7, 11) is 2.87. The molecule has 0 unspecified atom stereocenters. The molecule has 0 aliphatic carbocycles. The Morgan fingerprint density at radius 3 is 2.38 bits per heavy atom. The number of ether oxygens (including phenoxy) is 2. The molecule has 0 heterocycles. The van der Waals surface area contributed by atoms with Crippen LogP contribution in [0.5, 0.6) is 11.5 Å². The van der Waals surface area contributed by atoms with E-state index in [0.29, 0.717) is 23.3 Å². The molecule has 2 aromatic carbocycles. The molecule has 2 rings (SSSR count). The first-order valence-electron chi connectivity index (χ1n) is 7.31. The Morgan fingerprint density at radius 2 is 1.73 bits per heavy atom. The zero-order valence-corrected chi connectivity index (χ0v) is 13.9. The topological polar surface area (TPSA) is 76.7 Å². The summed E-state index contributed by atoms with van der Waals surface area (Å²) in [5.41, 5.74) is -0.384. The van der Waals surface area contributed by atoms with Gasteiger partial charge in [-0.25, -0.2) is 13.2 Å². The second-order valence-electron chi connectivity index (χ2n) is 5.02. The highest BCUT2D eigenvalue weighted by atomic mass is 19.2. The fourth-order valence-electron chi connectivity index (χ4n) is 2.05. The number of carbonyl (C=O) groups excluding carboxylic acids is 2. The Balaban J connectivity index is 2.01. The zero-order valence-electron chi connectivity index (χ0n) is 13.9. The SMILES string of the molecule is COc1ccc(NC(=O)CNC(=O)c2ccc(F)c(F)c2F)c(OC)c1. The van der Waals surface area contributed by atoms with Crippen LogP contribution in [0.1, 0.15) is 10.4 Å². The third-order valence-electron chi connectivity index (χ3n) is 3.37. The van der Waals surface area contributed by atoms with Crippen molar-refractivity contribution in [1.29, 1.82) is 0 Å². The number of hydrogen-bond donors (Lipinski definition) is 2. The van der Waals surface area contributed by atoms with Crippen molar-refractivity contribution in [2.24, 2.45) is 0 Å². The minimum Gasteiger partial charge on any atom is -0.497 e. The third-order valence-corrected chi connectivity index (χ3v) is 3.37. The van der Waals surface area contributed by atoms with Crippen LogP contribution in [0.4, 0.5) is 18.9 Å². The van der Waals surface area contributed by atoms with Crippen molar-refractivity contribution in [3.8, 4) is 11.5 Å². The van der Waals surface area contributed by atoms with Crippen molar-refractivity contribution in [3.63, 3.8) is 0 Å². The maximum atomic E-state index is 13.5. The van der Waals surface area contributed by atoms with Crippen molar-refractivity contribution >= 4 is 17.5 Å². The van der Waals surface area contributed by atoms with Crippen LogP contribution in [0.3, 0.4) is 0 Å². The van der Waals surface area contributed by atoms with Gasteiger partial charge >= 0.3 is 0 Å². The van der Waals surface area contributed by atoms with Crippen LogP contribution in [0.15, 0.2) is 30.3 Å². The molecule has 9 heteroatoms. The van der Waals surface area contributed by atoms with E-state index in [4.69, 9.17) is 9.47 Å².